The molecule has 1 aliphatic rings. The number of hydrogen-bond donors (Lipinski definition) is 1. The van der Waals surface area contributed by atoms with Gasteiger partial charge in [-0.15, -0.1) is 5.10 Å². The molecule has 1 saturated carbocycles. The van der Waals surface area contributed by atoms with Gasteiger partial charge in [-0.1, -0.05) is 25.0 Å². The van der Waals surface area contributed by atoms with Gasteiger partial charge >= 0.3 is 0 Å². The van der Waals surface area contributed by atoms with Gasteiger partial charge in [-0.3, -0.25) is 0 Å². The summed E-state index contributed by atoms with van der Waals surface area (Å²) in [7, 11) is 0. The van der Waals surface area contributed by atoms with Crippen molar-refractivity contribution in [3.8, 4) is 5.69 Å². The van der Waals surface area contributed by atoms with Crippen molar-refractivity contribution >= 4 is 0 Å². The van der Waals surface area contributed by atoms with Gasteiger partial charge in [0.2, 0.25) is 0 Å². The summed E-state index contributed by atoms with van der Waals surface area (Å²) < 4.78 is 1.68. The molecule has 1 aromatic carbocycles. The molecule has 5 nitrogen and oxygen atoms in total. The van der Waals surface area contributed by atoms with Gasteiger partial charge in [0.25, 0.3) is 0 Å². The van der Waals surface area contributed by atoms with Crippen LogP contribution in [-0.2, 0) is 0 Å². The van der Waals surface area contributed by atoms with E-state index < -0.39 is 0 Å². The zero-order chi connectivity index (χ0) is 13.8. The molecule has 1 aliphatic carbocycles. The predicted molar refractivity (Wildman–Crippen MR) is 77.5 cm³/mol. The Bertz CT molecular complexity index is 533. The molecule has 1 N–H and O–H groups in total. The van der Waals surface area contributed by atoms with Crippen LogP contribution < -0.4 is 5.32 Å². The third kappa shape index (κ3) is 3.42. The fourth-order valence-corrected chi connectivity index (χ4v) is 2.45. The van der Waals surface area contributed by atoms with E-state index >= 15 is 0 Å². The second kappa shape index (κ2) is 6.13. The first kappa shape index (κ1) is 13.2. The lowest BCUT2D eigenvalue weighted by atomic mass is 10.1. The molecule has 1 unspecified atom stereocenters. The summed E-state index contributed by atoms with van der Waals surface area (Å²) in [4.78, 5) is 0. The van der Waals surface area contributed by atoms with Crippen LogP contribution in [-0.4, -0.2) is 26.8 Å². The summed E-state index contributed by atoms with van der Waals surface area (Å²) in [6.45, 7) is 3.29. The fourth-order valence-electron chi connectivity index (χ4n) is 2.45. The SMILES string of the molecule is CC(NCCCC1CC1)c1cccc(-n2cnnn2)c1. The Labute approximate surface area is 119 Å². The maximum atomic E-state index is 3.92. The quantitative estimate of drug-likeness (QED) is 0.786. The topological polar surface area (TPSA) is 55.6 Å². The Kier molecular flexibility index (Phi) is 4.06. The highest BCUT2D eigenvalue weighted by Gasteiger charge is 2.20. The Morgan fingerprint density at radius 3 is 3.05 bits per heavy atom. The molecule has 20 heavy (non-hydrogen) atoms. The van der Waals surface area contributed by atoms with E-state index in [1.807, 2.05) is 6.07 Å². The molecule has 1 heterocycles. The van der Waals surface area contributed by atoms with E-state index in [1.165, 1.54) is 31.2 Å². The molecule has 0 amide bonds. The molecule has 106 valence electrons. The minimum atomic E-state index is 0.352. The highest BCUT2D eigenvalue weighted by molar-refractivity contribution is 5.35. The molecule has 0 bridgehead atoms. The number of rotatable bonds is 7. The average molecular weight is 271 g/mol. The van der Waals surface area contributed by atoms with Gasteiger partial charge in [-0.2, -0.15) is 0 Å². The van der Waals surface area contributed by atoms with Gasteiger partial charge in [0.15, 0.2) is 0 Å². The lowest BCUT2D eigenvalue weighted by Crippen LogP contribution is -2.20. The van der Waals surface area contributed by atoms with Crippen LogP contribution in [0.2, 0.25) is 0 Å². The van der Waals surface area contributed by atoms with E-state index in [-0.39, 0.29) is 0 Å². The van der Waals surface area contributed by atoms with Crippen molar-refractivity contribution in [2.75, 3.05) is 6.54 Å². The van der Waals surface area contributed by atoms with Crippen molar-refractivity contribution in [2.45, 2.75) is 38.6 Å². The van der Waals surface area contributed by atoms with Crippen molar-refractivity contribution in [1.82, 2.24) is 25.5 Å². The lowest BCUT2D eigenvalue weighted by Gasteiger charge is -2.15. The van der Waals surface area contributed by atoms with Crippen molar-refractivity contribution in [3.63, 3.8) is 0 Å². The summed E-state index contributed by atoms with van der Waals surface area (Å²) >= 11 is 0. The zero-order valence-corrected chi connectivity index (χ0v) is 11.9. The second-order valence-electron chi connectivity index (χ2n) is 5.61. The number of nitrogens with zero attached hydrogens (tertiary/aromatic N) is 4. The number of tetrazole rings is 1. The molecule has 5 heteroatoms. The van der Waals surface area contributed by atoms with Crippen LogP contribution >= 0.6 is 0 Å². The summed E-state index contributed by atoms with van der Waals surface area (Å²) in [5.74, 6) is 1.02. The Hall–Kier alpha value is -1.75. The first-order valence-electron chi connectivity index (χ1n) is 7.39. The van der Waals surface area contributed by atoms with Gasteiger partial charge in [-0.05, 0) is 60.4 Å². The van der Waals surface area contributed by atoms with E-state index in [9.17, 15) is 0 Å². The van der Waals surface area contributed by atoms with Gasteiger partial charge in [0.05, 0.1) is 5.69 Å². The molecule has 0 radical (unpaired) electrons. The first-order chi connectivity index (χ1) is 9.83. The van der Waals surface area contributed by atoms with E-state index in [1.54, 1.807) is 11.0 Å². The largest absolute Gasteiger partial charge is 0.310 e. The fraction of sp³-hybridized carbons (Fsp3) is 0.533. The van der Waals surface area contributed by atoms with Crippen LogP contribution in [0.3, 0.4) is 0 Å². The third-order valence-corrected chi connectivity index (χ3v) is 3.92. The molecular weight excluding hydrogens is 250 g/mol. The van der Waals surface area contributed by atoms with Crippen molar-refractivity contribution < 1.29 is 0 Å². The van der Waals surface area contributed by atoms with E-state index in [0.29, 0.717) is 6.04 Å². The second-order valence-corrected chi connectivity index (χ2v) is 5.61. The molecule has 1 aromatic heterocycles. The number of hydrogen-bond acceptors (Lipinski definition) is 4. The smallest absolute Gasteiger partial charge is 0.143 e. The molecule has 2 aromatic rings. The molecule has 0 spiro atoms. The van der Waals surface area contributed by atoms with Crippen LogP contribution in [0.4, 0.5) is 0 Å². The molecule has 3 rings (SSSR count). The molecular formula is C15H21N5. The van der Waals surface area contributed by atoms with Crippen LogP contribution in [0.5, 0.6) is 0 Å². The Morgan fingerprint density at radius 1 is 1.40 bits per heavy atom. The van der Waals surface area contributed by atoms with Crippen LogP contribution in [0.25, 0.3) is 5.69 Å². The minimum Gasteiger partial charge on any atom is -0.310 e. The molecule has 0 saturated heterocycles. The van der Waals surface area contributed by atoms with Gasteiger partial charge in [0, 0.05) is 6.04 Å². The summed E-state index contributed by atoms with van der Waals surface area (Å²) in [5, 5.41) is 14.9. The maximum absolute atomic E-state index is 3.92. The molecule has 1 fully saturated rings. The average Bonchev–Trinajstić information content (AvgIpc) is 3.14. The van der Waals surface area contributed by atoms with Crippen LogP contribution in [0.1, 0.15) is 44.2 Å². The number of aromatic nitrogens is 4. The van der Waals surface area contributed by atoms with Crippen molar-refractivity contribution in [1.29, 1.82) is 0 Å². The van der Waals surface area contributed by atoms with Crippen LogP contribution in [0, 0.1) is 5.92 Å². The summed E-state index contributed by atoms with van der Waals surface area (Å²) in [6.07, 6.45) is 7.17. The van der Waals surface area contributed by atoms with E-state index in [2.05, 4.69) is 46.0 Å². The molecule has 0 aliphatic heterocycles. The van der Waals surface area contributed by atoms with Gasteiger partial charge in [0.1, 0.15) is 6.33 Å². The monoisotopic (exact) mass is 271 g/mol. The Balaban J connectivity index is 1.56. The number of nitrogens with one attached hydrogen (secondary N) is 1. The third-order valence-electron chi connectivity index (χ3n) is 3.92. The summed E-state index contributed by atoms with van der Waals surface area (Å²) in [5.41, 5.74) is 2.27. The maximum Gasteiger partial charge on any atom is 0.143 e. The highest BCUT2D eigenvalue weighted by atomic mass is 15.5. The summed E-state index contributed by atoms with van der Waals surface area (Å²) in [6, 6.07) is 8.70. The zero-order valence-electron chi connectivity index (χ0n) is 11.9. The van der Waals surface area contributed by atoms with Crippen molar-refractivity contribution in [3.05, 3.63) is 36.2 Å². The van der Waals surface area contributed by atoms with Gasteiger partial charge in [-0.25, -0.2) is 4.68 Å². The minimum absolute atomic E-state index is 0.352. The lowest BCUT2D eigenvalue weighted by molar-refractivity contribution is 0.533. The Morgan fingerprint density at radius 2 is 2.30 bits per heavy atom. The van der Waals surface area contributed by atoms with E-state index in [0.717, 1.165) is 18.2 Å². The number of benzene rings is 1. The highest BCUT2D eigenvalue weighted by Crippen LogP contribution is 2.33. The van der Waals surface area contributed by atoms with Gasteiger partial charge < -0.3 is 5.32 Å². The normalized spacial score (nSPS) is 16.2. The predicted octanol–water partition coefficient (Wildman–Crippen LogP) is 2.50. The van der Waals surface area contributed by atoms with E-state index in [4.69, 9.17) is 0 Å². The van der Waals surface area contributed by atoms with Crippen molar-refractivity contribution in [2.24, 2.45) is 5.92 Å². The van der Waals surface area contributed by atoms with Crippen LogP contribution in [0.15, 0.2) is 30.6 Å². The standard InChI is InChI=1S/C15H21N5/c1-12(16-9-3-4-13-7-8-13)14-5-2-6-15(10-14)20-11-17-18-19-20/h2,5-6,10-13,16H,3-4,7-9H2,1H3. The first-order valence-corrected chi connectivity index (χ1v) is 7.39. The molecule has 1 atom stereocenters.